The Balaban J connectivity index is 1.80. The van der Waals surface area contributed by atoms with Crippen LogP contribution in [0.25, 0.3) is 32.3 Å². The minimum absolute atomic E-state index is 0.0104. The van der Waals surface area contributed by atoms with Crippen LogP contribution < -0.4 is 19.0 Å². The number of hydrogen-bond acceptors (Lipinski definition) is 10. The van der Waals surface area contributed by atoms with Crippen molar-refractivity contribution in [2.75, 3.05) is 10.6 Å². The van der Waals surface area contributed by atoms with Gasteiger partial charge in [-0.25, -0.2) is 16.8 Å². The van der Waals surface area contributed by atoms with Gasteiger partial charge in [-0.2, -0.15) is 0 Å². The summed E-state index contributed by atoms with van der Waals surface area (Å²) in [6.07, 6.45) is 0. The summed E-state index contributed by atoms with van der Waals surface area (Å²) in [5.41, 5.74) is 1.81. The smallest absolute Gasteiger partial charge is 0.262 e. The van der Waals surface area contributed by atoms with Crippen LogP contribution in [-0.2, 0) is 20.8 Å². The highest BCUT2D eigenvalue weighted by molar-refractivity contribution is 7.81. The molecular weight excluding hydrogens is 627 g/mol. The van der Waals surface area contributed by atoms with Crippen molar-refractivity contribution < 1.29 is 34.3 Å². The maximum atomic E-state index is 11.8. The first kappa shape index (κ1) is 28.1. The molecular formula is C28H16Cl2N2O8S2-2. The molecule has 0 bridgehead atoms. The Bertz CT molecular complexity index is 2060. The Morgan fingerprint density at radius 2 is 0.905 bits per heavy atom. The van der Waals surface area contributed by atoms with Gasteiger partial charge in [0.25, 0.3) is 20.8 Å². The zero-order valence-electron chi connectivity index (χ0n) is 20.9. The highest BCUT2D eigenvalue weighted by atomic mass is 35.5. The van der Waals surface area contributed by atoms with Gasteiger partial charge in [-0.3, -0.25) is 0 Å². The monoisotopic (exact) mass is 642 g/mol. The van der Waals surface area contributed by atoms with Crippen LogP contribution in [0, 0.1) is 0 Å². The third kappa shape index (κ3) is 5.43. The van der Waals surface area contributed by atoms with Gasteiger partial charge in [0.05, 0.1) is 32.2 Å². The lowest BCUT2D eigenvalue weighted by molar-refractivity contribution is 0.371. The molecule has 0 saturated heterocycles. The van der Waals surface area contributed by atoms with Crippen LogP contribution in [0.4, 0.5) is 22.7 Å². The molecule has 0 atom stereocenters. The van der Waals surface area contributed by atoms with E-state index in [-0.39, 0.29) is 43.1 Å². The molecule has 0 heterocycles. The van der Waals surface area contributed by atoms with Gasteiger partial charge in [-0.05, 0) is 36.4 Å². The number of hydrogen-bond donors (Lipinski definition) is 2. The maximum absolute atomic E-state index is 11.8. The lowest BCUT2D eigenvalue weighted by atomic mass is 9.90. The van der Waals surface area contributed by atoms with E-state index in [1.165, 1.54) is 12.1 Å². The van der Waals surface area contributed by atoms with Crippen molar-refractivity contribution in [3.8, 4) is 11.5 Å². The van der Waals surface area contributed by atoms with E-state index in [9.17, 15) is 25.9 Å². The summed E-state index contributed by atoms with van der Waals surface area (Å²) in [4.78, 5) is 0. The molecule has 214 valence electrons. The number of halogens is 2. The molecule has 0 radical (unpaired) electrons. The molecule has 0 aromatic heterocycles. The van der Waals surface area contributed by atoms with Crippen molar-refractivity contribution in [3.05, 3.63) is 95.0 Å². The second-order valence-corrected chi connectivity index (χ2v) is 11.9. The third-order valence-corrected chi connectivity index (χ3v) is 7.81. The molecule has 42 heavy (non-hydrogen) atoms. The fraction of sp³-hybridized carbons (Fsp3) is 0. The van der Waals surface area contributed by atoms with E-state index >= 15 is 0 Å². The van der Waals surface area contributed by atoms with Crippen molar-refractivity contribution in [2.45, 2.75) is 0 Å². The fourth-order valence-corrected chi connectivity index (χ4v) is 6.16. The molecule has 6 rings (SSSR count). The molecule has 0 aliphatic carbocycles. The zero-order chi connectivity index (χ0) is 29.8. The third-order valence-electron chi connectivity index (χ3n) is 6.42. The topological polar surface area (TPSA) is 157 Å². The number of para-hydroxylation sites is 2. The van der Waals surface area contributed by atoms with Gasteiger partial charge < -0.3 is 28.1 Å². The van der Waals surface area contributed by atoms with Crippen molar-refractivity contribution in [3.63, 3.8) is 0 Å². The quantitative estimate of drug-likeness (QED) is 0.100. The average Bonchev–Trinajstić information content (AvgIpc) is 2.90. The van der Waals surface area contributed by atoms with E-state index in [2.05, 4.69) is 10.6 Å². The van der Waals surface area contributed by atoms with E-state index in [0.29, 0.717) is 33.5 Å². The summed E-state index contributed by atoms with van der Waals surface area (Å²) < 4.78 is 80.3. The van der Waals surface area contributed by atoms with Gasteiger partial charge in [0.1, 0.15) is 0 Å². The van der Waals surface area contributed by atoms with E-state index in [0.717, 1.165) is 0 Å². The number of rotatable bonds is 8. The summed E-state index contributed by atoms with van der Waals surface area (Å²) in [5.74, 6) is -0.765. The first-order valence-electron chi connectivity index (χ1n) is 12.0. The van der Waals surface area contributed by atoms with E-state index in [1.54, 1.807) is 72.8 Å². The Labute approximate surface area is 249 Å². The lowest BCUT2D eigenvalue weighted by Gasteiger charge is -2.24. The van der Waals surface area contributed by atoms with E-state index < -0.39 is 20.8 Å². The zero-order valence-corrected chi connectivity index (χ0v) is 24.1. The molecule has 6 aromatic rings. The van der Waals surface area contributed by atoms with Gasteiger partial charge in [0, 0.05) is 45.1 Å². The van der Waals surface area contributed by atoms with Crippen LogP contribution in [0.5, 0.6) is 11.5 Å². The number of benzene rings is 6. The highest BCUT2D eigenvalue weighted by Gasteiger charge is 2.25. The predicted molar refractivity (Wildman–Crippen MR) is 160 cm³/mol. The van der Waals surface area contributed by atoms with Gasteiger partial charge in [0.2, 0.25) is 0 Å². The standard InChI is InChI=1S/C28H18Cl2N2O8S2/c29-19-14-24(40-42(36,37)38)28-22(32-16-9-5-2-6-10-16)12-18-20(30)13-23(39-41(33,34)35)27-21(11-17(19)26(28)25(18)27)31-15-7-3-1-4-8-15/h1-14,31-32H,(H,33,34,35)(H,36,37,38)/p-2. The minimum Gasteiger partial charge on any atom is -0.716 e. The second kappa shape index (κ2) is 10.3. The molecule has 6 aromatic carbocycles. The van der Waals surface area contributed by atoms with Crippen LogP contribution in [-0.4, -0.2) is 25.9 Å². The normalized spacial score (nSPS) is 12.2. The molecule has 0 unspecified atom stereocenters. The molecule has 0 saturated carbocycles. The molecule has 0 aliphatic rings. The molecule has 10 nitrogen and oxygen atoms in total. The largest absolute Gasteiger partial charge is 0.716 e. The van der Waals surface area contributed by atoms with E-state index in [4.69, 9.17) is 31.6 Å². The van der Waals surface area contributed by atoms with Crippen LogP contribution in [0.2, 0.25) is 10.0 Å². The number of anilines is 4. The molecule has 0 spiro atoms. The van der Waals surface area contributed by atoms with Gasteiger partial charge in [-0.15, -0.1) is 0 Å². The first-order chi connectivity index (χ1) is 19.9. The van der Waals surface area contributed by atoms with Gasteiger partial charge >= 0.3 is 0 Å². The molecule has 14 heteroatoms. The maximum Gasteiger partial charge on any atom is 0.262 e. The molecule has 2 N–H and O–H groups in total. The highest BCUT2D eigenvalue weighted by Crippen LogP contribution is 2.52. The Kier molecular flexibility index (Phi) is 6.92. The fourth-order valence-electron chi connectivity index (χ4n) is 4.96. The summed E-state index contributed by atoms with van der Waals surface area (Å²) in [5, 5.41) is 7.93. The SMILES string of the molecule is O=S(=O)([O-])Oc1cc(Cl)c2cc(Nc3ccccc3)c3c(OS(=O)(=O)[O-])cc(Cl)c4cc(Nc5ccccc5)c1c2c43. The Morgan fingerprint density at radius 3 is 1.24 bits per heavy atom. The second-order valence-electron chi connectivity index (χ2n) is 9.12. The summed E-state index contributed by atoms with van der Waals surface area (Å²) >= 11 is 13.3. The molecule has 0 aliphatic heterocycles. The van der Waals surface area contributed by atoms with Crippen molar-refractivity contribution in [1.82, 2.24) is 0 Å². The Hall–Kier alpha value is -4.04. The van der Waals surface area contributed by atoms with Gasteiger partial charge in [0.15, 0.2) is 11.5 Å². The summed E-state index contributed by atoms with van der Waals surface area (Å²) in [6, 6.07) is 23.3. The van der Waals surface area contributed by atoms with Crippen molar-refractivity contribution in [1.29, 1.82) is 0 Å². The van der Waals surface area contributed by atoms with Crippen LogP contribution in [0.1, 0.15) is 0 Å². The van der Waals surface area contributed by atoms with Crippen molar-refractivity contribution >= 4 is 99.1 Å². The predicted octanol–water partition coefficient (Wildman–Crippen LogP) is 7.06. The Morgan fingerprint density at radius 1 is 0.548 bits per heavy atom. The van der Waals surface area contributed by atoms with Crippen molar-refractivity contribution in [2.24, 2.45) is 0 Å². The van der Waals surface area contributed by atoms with E-state index in [1.807, 2.05) is 0 Å². The summed E-state index contributed by atoms with van der Waals surface area (Å²) in [6.45, 7) is 0. The average molecular weight is 643 g/mol. The van der Waals surface area contributed by atoms with Crippen LogP contribution in [0.15, 0.2) is 84.9 Å². The number of nitrogens with one attached hydrogen (secondary N) is 2. The van der Waals surface area contributed by atoms with Gasteiger partial charge in [-0.1, -0.05) is 59.6 Å². The first-order valence-corrected chi connectivity index (χ1v) is 15.4. The summed E-state index contributed by atoms with van der Waals surface area (Å²) in [7, 11) is -10.5. The molecule has 0 fully saturated rings. The van der Waals surface area contributed by atoms with Crippen LogP contribution >= 0.6 is 23.2 Å². The molecule has 0 amide bonds. The minimum atomic E-state index is -5.26. The lowest BCUT2D eigenvalue weighted by Crippen LogP contribution is -2.09. The van der Waals surface area contributed by atoms with Crippen LogP contribution in [0.3, 0.4) is 0 Å².